The van der Waals surface area contributed by atoms with Crippen LogP contribution in [0.3, 0.4) is 0 Å². The van der Waals surface area contributed by atoms with Gasteiger partial charge in [-0.25, -0.2) is 4.98 Å². The Bertz CT molecular complexity index is 554. The van der Waals surface area contributed by atoms with Gasteiger partial charge in [0, 0.05) is 32.9 Å². The van der Waals surface area contributed by atoms with Gasteiger partial charge in [-0.3, -0.25) is 0 Å². The first kappa shape index (κ1) is 15.9. The smallest absolute Gasteiger partial charge is 0.246 e. The van der Waals surface area contributed by atoms with Crippen molar-refractivity contribution >= 4 is 26.1 Å². The molecule has 5 nitrogen and oxygen atoms in total. The highest BCUT2D eigenvalue weighted by molar-refractivity contribution is 9.10. The molecule has 0 amide bonds. The lowest BCUT2D eigenvalue weighted by atomic mass is 9.93. The van der Waals surface area contributed by atoms with E-state index in [9.17, 15) is 8.42 Å². The summed E-state index contributed by atoms with van der Waals surface area (Å²) in [6.07, 6.45) is 2.69. The van der Waals surface area contributed by atoms with E-state index in [0.29, 0.717) is 19.0 Å². The van der Waals surface area contributed by atoms with Gasteiger partial charge in [0.1, 0.15) is 4.60 Å². The van der Waals surface area contributed by atoms with Gasteiger partial charge in [0.25, 0.3) is 10.2 Å². The van der Waals surface area contributed by atoms with Gasteiger partial charge in [-0.1, -0.05) is 6.07 Å². The molecule has 20 heavy (non-hydrogen) atoms. The topological polar surface area (TPSA) is 53.5 Å². The second kappa shape index (κ2) is 6.51. The summed E-state index contributed by atoms with van der Waals surface area (Å²) in [5.74, 6) is 0.505. The number of piperidine rings is 1. The van der Waals surface area contributed by atoms with Crippen LogP contribution in [0.5, 0.6) is 0 Å². The summed E-state index contributed by atoms with van der Waals surface area (Å²) in [6, 6.07) is 5.92. The number of nitrogens with zero attached hydrogens (tertiary/aromatic N) is 3. The van der Waals surface area contributed by atoms with Gasteiger partial charge in [0.2, 0.25) is 0 Å². The predicted molar refractivity (Wildman–Crippen MR) is 82.5 cm³/mol. The van der Waals surface area contributed by atoms with E-state index in [1.165, 1.54) is 4.31 Å². The maximum absolute atomic E-state index is 12.0. The molecule has 0 unspecified atom stereocenters. The van der Waals surface area contributed by atoms with E-state index in [1.807, 2.05) is 18.2 Å². The Labute approximate surface area is 129 Å². The third kappa shape index (κ3) is 3.78. The molecule has 1 aromatic rings. The van der Waals surface area contributed by atoms with E-state index >= 15 is 0 Å². The van der Waals surface area contributed by atoms with Crippen molar-refractivity contribution in [3.8, 4) is 0 Å². The maximum atomic E-state index is 12.0. The first-order valence-corrected chi connectivity index (χ1v) is 8.87. The van der Waals surface area contributed by atoms with E-state index in [2.05, 4.69) is 20.9 Å². The average Bonchev–Trinajstić information content (AvgIpc) is 2.39. The average molecular weight is 362 g/mol. The fraction of sp³-hybridized carbons (Fsp3) is 0.615. The van der Waals surface area contributed by atoms with Crippen molar-refractivity contribution in [3.63, 3.8) is 0 Å². The lowest BCUT2D eigenvalue weighted by Crippen LogP contribution is -2.44. The number of hydrogen-bond acceptors (Lipinski definition) is 3. The summed E-state index contributed by atoms with van der Waals surface area (Å²) >= 11 is 3.37. The zero-order chi connectivity index (χ0) is 14.8. The van der Waals surface area contributed by atoms with Crippen LogP contribution in [0.2, 0.25) is 0 Å². The molecule has 2 heterocycles. The van der Waals surface area contributed by atoms with E-state index in [1.54, 1.807) is 18.4 Å². The monoisotopic (exact) mass is 361 g/mol. The molecule has 1 aliphatic heterocycles. The van der Waals surface area contributed by atoms with Crippen LogP contribution in [-0.2, 0) is 16.6 Å². The van der Waals surface area contributed by atoms with Crippen molar-refractivity contribution in [1.29, 1.82) is 0 Å². The number of halogens is 1. The summed E-state index contributed by atoms with van der Waals surface area (Å²) in [5, 5.41) is 0. The minimum Gasteiger partial charge on any atom is -0.246 e. The minimum atomic E-state index is -3.26. The summed E-state index contributed by atoms with van der Waals surface area (Å²) in [7, 11) is -0.107. The van der Waals surface area contributed by atoms with Crippen molar-refractivity contribution in [2.45, 2.75) is 19.3 Å². The maximum Gasteiger partial charge on any atom is 0.281 e. The zero-order valence-electron chi connectivity index (χ0n) is 11.8. The van der Waals surface area contributed by atoms with Gasteiger partial charge in [0.15, 0.2) is 0 Å². The van der Waals surface area contributed by atoms with Crippen molar-refractivity contribution in [2.75, 3.05) is 27.2 Å². The first-order chi connectivity index (χ1) is 9.39. The molecular weight excluding hydrogens is 342 g/mol. The number of rotatable bonds is 4. The number of pyridine rings is 1. The highest BCUT2D eigenvalue weighted by atomic mass is 79.9. The highest BCUT2D eigenvalue weighted by Gasteiger charge is 2.29. The van der Waals surface area contributed by atoms with Gasteiger partial charge in [0.05, 0.1) is 0 Å². The highest BCUT2D eigenvalue weighted by Crippen LogP contribution is 2.23. The third-order valence-electron chi connectivity index (χ3n) is 3.63. The van der Waals surface area contributed by atoms with Crippen LogP contribution in [0, 0.1) is 5.92 Å². The second-order valence-corrected chi connectivity index (χ2v) is 8.24. The lowest BCUT2D eigenvalue weighted by Gasteiger charge is -2.32. The van der Waals surface area contributed by atoms with E-state index in [4.69, 9.17) is 0 Å². The molecule has 0 radical (unpaired) electrons. The number of hydrogen-bond donors (Lipinski definition) is 0. The normalized spacial score (nSPS) is 18.6. The zero-order valence-corrected chi connectivity index (χ0v) is 14.2. The fourth-order valence-corrected chi connectivity index (χ4v) is 3.95. The van der Waals surface area contributed by atoms with E-state index in [-0.39, 0.29) is 0 Å². The molecule has 1 fully saturated rings. The Morgan fingerprint density at radius 3 is 2.55 bits per heavy atom. The Hall–Kier alpha value is -0.500. The van der Waals surface area contributed by atoms with Crippen LogP contribution < -0.4 is 0 Å². The Balaban J connectivity index is 1.92. The molecule has 2 rings (SSSR count). The number of aromatic nitrogens is 1. The van der Waals surface area contributed by atoms with Gasteiger partial charge < -0.3 is 0 Å². The molecule has 0 bridgehead atoms. The molecule has 0 saturated carbocycles. The fourth-order valence-electron chi connectivity index (χ4n) is 2.43. The van der Waals surface area contributed by atoms with E-state index < -0.39 is 10.2 Å². The van der Waals surface area contributed by atoms with Gasteiger partial charge >= 0.3 is 0 Å². The van der Waals surface area contributed by atoms with Crippen molar-refractivity contribution in [1.82, 2.24) is 13.6 Å². The van der Waals surface area contributed by atoms with Gasteiger partial charge in [-0.05, 0) is 53.2 Å². The molecule has 0 atom stereocenters. The third-order valence-corrected chi connectivity index (χ3v) is 6.01. The minimum absolute atomic E-state index is 0.505. The van der Waals surface area contributed by atoms with Crippen LogP contribution in [0.15, 0.2) is 22.8 Å². The molecule has 0 N–H and O–H groups in total. The Morgan fingerprint density at radius 2 is 2.00 bits per heavy atom. The molecule has 0 spiro atoms. The summed E-state index contributed by atoms with van der Waals surface area (Å²) in [4.78, 5) is 4.44. The van der Waals surface area contributed by atoms with Crippen LogP contribution in [0.25, 0.3) is 0 Å². The molecule has 1 saturated heterocycles. The standard InChI is InChI=1S/C13H20BrN3O2S/c1-16(2)20(18,19)17-8-6-11(7-9-17)10-12-4-3-5-13(14)15-12/h3-5,11H,6-10H2,1-2H3. The largest absolute Gasteiger partial charge is 0.281 e. The second-order valence-electron chi connectivity index (χ2n) is 5.29. The van der Waals surface area contributed by atoms with Crippen LogP contribution in [0.1, 0.15) is 18.5 Å². The Kier molecular flexibility index (Phi) is 5.17. The predicted octanol–water partition coefficient (Wildman–Crippen LogP) is 1.91. The summed E-state index contributed by atoms with van der Waals surface area (Å²) in [5.41, 5.74) is 1.06. The molecule has 0 aliphatic carbocycles. The molecular formula is C13H20BrN3O2S. The summed E-state index contributed by atoms with van der Waals surface area (Å²) in [6.45, 7) is 1.19. The van der Waals surface area contributed by atoms with Crippen molar-refractivity contribution in [3.05, 3.63) is 28.5 Å². The van der Waals surface area contributed by atoms with Crippen LogP contribution in [0.4, 0.5) is 0 Å². The Morgan fingerprint density at radius 1 is 1.35 bits per heavy atom. The van der Waals surface area contributed by atoms with Crippen molar-refractivity contribution < 1.29 is 8.42 Å². The van der Waals surface area contributed by atoms with Crippen LogP contribution >= 0.6 is 15.9 Å². The first-order valence-electron chi connectivity index (χ1n) is 6.68. The molecule has 0 aromatic carbocycles. The summed E-state index contributed by atoms with van der Waals surface area (Å²) < 4.78 is 27.8. The molecule has 112 valence electrons. The van der Waals surface area contributed by atoms with Crippen molar-refractivity contribution in [2.24, 2.45) is 5.92 Å². The molecule has 7 heteroatoms. The lowest BCUT2D eigenvalue weighted by molar-refractivity contribution is 0.261. The molecule has 1 aliphatic rings. The molecule has 1 aromatic heterocycles. The van der Waals surface area contributed by atoms with E-state index in [0.717, 1.165) is 29.6 Å². The van der Waals surface area contributed by atoms with Gasteiger partial charge in [-0.15, -0.1) is 0 Å². The van der Waals surface area contributed by atoms with Crippen LogP contribution in [-0.4, -0.2) is 49.2 Å². The van der Waals surface area contributed by atoms with Gasteiger partial charge in [-0.2, -0.15) is 17.0 Å². The SMILES string of the molecule is CN(C)S(=O)(=O)N1CCC(Cc2cccc(Br)n2)CC1. The quantitative estimate of drug-likeness (QED) is 0.769.